The summed E-state index contributed by atoms with van der Waals surface area (Å²) < 4.78 is 0. The second-order valence-electron chi connectivity index (χ2n) is 6.44. The number of amides is 3. The minimum atomic E-state index is -0.209. The third-order valence-corrected chi connectivity index (χ3v) is 4.93. The minimum Gasteiger partial charge on any atom is -0.326 e. The highest BCUT2D eigenvalue weighted by Gasteiger charge is 2.29. The Kier molecular flexibility index (Phi) is 5.03. The number of anilines is 2. The van der Waals surface area contributed by atoms with E-state index in [2.05, 4.69) is 15.6 Å². The Morgan fingerprint density at radius 3 is 2.68 bits per heavy atom. The Bertz CT molecular complexity index is 798. The molecule has 7 heteroatoms. The monoisotopic (exact) mass is 358 g/mol. The van der Waals surface area contributed by atoms with Crippen LogP contribution in [0, 0.1) is 19.8 Å². The Morgan fingerprint density at radius 1 is 1.28 bits per heavy atom. The van der Waals surface area contributed by atoms with Gasteiger partial charge in [-0.2, -0.15) is 0 Å². The molecule has 2 N–H and O–H groups in total. The first-order chi connectivity index (χ1) is 11.9. The Hall–Kier alpha value is -2.41. The summed E-state index contributed by atoms with van der Waals surface area (Å²) in [6, 6.07) is 5.34. The van der Waals surface area contributed by atoms with E-state index in [1.165, 1.54) is 0 Å². The maximum Gasteiger partial charge on any atom is 0.321 e. The molecule has 1 aromatic carbocycles. The molecule has 1 aromatic heterocycles. The molecule has 25 heavy (non-hydrogen) atoms. The highest BCUT2D eigenvalue weighted by molar-refractivity contribution is 7.09. The number of carbonyl (C=O) groups is 2. The van der Waals surface area contributed by atoms with Gasteiger partial charge in [-0.3, -0.25) is 4.79 Å². The summed E-state index contributed by atoms with van der Waals surface area (Å²) in [5.41, 5.74) is 3.22. The topological polar surface area (TPSA) is 74.3 Å². The van der Waals surface area contributed by atoms with Crippen molar-refractivity contribution in [2.75, 3.05) is 17.7 Å². The van der Waals surface area contributed by atoms with Crippen LogP contribution in [-0.4, -0.2) is 28.9 Å². The fourth-order valence-electron chi connectivity index (χ4n) is 2.43. The molecule has 1 heterocycles. The molecule has 0 saturated heterocycles. The van der Waals surface area contributed by atoms with Crippen molar-refractivity contribution in [1.82, 2.24) is 9.88 Å². The zero-order valence-electron chi connectivity index (χ0n) is 14.6. The van der Waals surface area contributed by atoms with Gasteiger partial charge in [-0.05, 0) is 44.4 Å². The fraction of sp³-hybridized carbons (Fsp3) is 0.389. The van der Waals surface area contributed by atoms with Crippen LogP contribution in [-0.2, 0) is 11.3 Å². The predicted octanol–water partition coefficient (Wildman–Crippen LogP) is 3.77. The Morgan fingerprint density at radius 2 is 2.04 bits per heavy atom. The van der Waals surface area contributed by atoms with Crippen LogP contribution in [0.4, 0.5) is 16.2 Å². The van der Waals surface area contributed by atoms with E-state index in [1.807, 2.05) is 31.4 Å². The summed E-state index contributed by atoms with van der Waals surface area (Å²) in [5.74, 6) is 0.198. The average Bonchev–Trinajstić information content (AvgIpc) is 3.34. The third kappa shape index (κ3) is 4.57. The van der Waals surface area contributed by atoms with Crippen molar-refractivity contribution in [3.05, 3.63) is 39.8 Å². The minimum absolute atomic E-state index is 0.0529. The molecular formula is C18H22N4O2S. The quantitative estimate of drug-likeness (QED) is 0.854. The van der Waals surface area contributed by atoms with Crippen molar-refractivity contribution in [2.45, 2.75) is 33.2 Å². The number of rotatable bonds is 5. The number of aromatic nitrogens is 1. The summed E-state index contributed by atoms with van der Waals surface area (Å²) in [6.07, 6.45) is 1.92. The van der Waals surface area contributed by atoms with Crippen LogP contribution in [0.1, 0.15) is 29.1 Å². The van der Waals surface area contributed by atoms with Gasteiger partial charge in [0.15, 0.2) is 0 Å². The number of carbonyl (C=O) groups excluding carboxylic acids is 2. The van der Waals surface area contributed by atoms with Crippen LogP contribution in [0.15, 0.2) is 23.6 Å². The van der Waals surface area contributed by atoms with E-state index in [-0.39, 0.29) is 17.9 Å². The van der Waals surface area contributed by atoms with Crippen molar-refractivity contribution in [3.63, 3.8) is 0 Å². The van der Waals surface area contributed by atoms with Crippen LogP contribution in [0.3, 0.4) is 0 Å². The molecule has 0 atom stereocenters. The molecule has 1 aliphatic carbocycles. The van der Waals surface area contributed by atoms with E-state index in [9.17, 15) is 9.59 Å². The molecule has 6 nitrogen and oxygen atoms in total. The van der Waals surface area contributed by atoms with Crippen LogP contribution in [0.25, 0.3) is 0 Å². The molecule has 132 valence electrons. The number of aryl methyl sites for hydroxylation is 2. The van der Waals surface area contributed by atoms with Gasteiger partial charge in [-0.1, -0.05) is 6.07 Å². The Labute approximate surface area is 151 Å². The summed E-state index contributed by atoms with van der Waals surface area (Å²) in [4.78, 5) is 30.3. The van der Waals surface area contributed by atoms with Gasteiger partial charge in [0.1, 0.15) is 0 Å². The fourth-order valence-corrected chi connectivity index (χ4v) is 3.03. The molecule has 0 spiro atoms. The van der Waals surface area contributed by atoms with Crippen LogP contribution >= 0.6 is 11.3 Å². The van der Waals surface area contributed by atoms with Gasteiger partial charge < -0.3 is 15.5 Å². The maximum absolute atomic E-state index is 12.4. The van der Waals surface area contributed by atoms with E-state index >= 15 is 0 Å². The molecule has 0 unspecified atom stereocenters. The Balaban J connectivity index is 1.63. The van der Waals surface area contributed by atoms with Gasteiger partial charge in [-0.25, -0.2) is 9.78 Å². The van der Waals surface area contributed by atoms with Crippen molar-refractivity contribution >= 4 is 34.6 Å². The highest BCUT2D eigenvalue weighted by Crippen LogP contribution is 2.30. The molecule has 0 aliphatic heterocycles. The number of benzene rings is 1. The SMILES string of the molecule is Cc1nc(CN(C)C(=O)Nc2cc(NC(=O)C3CC3)ccc2C)cs1. The maximum atomic E-state index is 12.4. The number of hydrogen-bond donors (Lipinski definition) is 2. The molecule has 0 radical (unpaired) electrons. The first-order valence-electron chi connectivity index (χ1n) is 8.27. The van der Waals surface area contributed by atoms with Gasteiger partial charge in [0.2, 0.25) is 5.91 Å². The molecule has 0 bridgehead atoms. The molecule has 2 aromatic rings. The number of urea groups is 1. The molecule has 1 fully saturated rings. The first-order valence-corrected chi connectivity index (χ1v) is 9.15. The lowest BCUT2D eigenvalue weighted by Gasteiger charge is -2.18. The second-order valence-corrected chi connectivity index (χ2v) is 7.50. The summed E-state index contributed by atoms with van der Waals surface area (Å²) >= 11 is 1.57. The standard InChI is InChI=1S/C18H22N4O2S/c1-11-4-7-14(20-17(23)13-5-6-13)8-16(11)21-18(24)22(3)9-15-10-25-12(2)19-15/h4,7-8,10,13H,5-6,9H2,1-3H3,(H,20,23)(H,21,24). The predicted molar refractivity (Wildman–Crippen MR) is 99.9 cm³/mol. The van der Waals surface area contributed by atoms with E-state index in [0.717, 1.165) is 29.1 Å². The normalized spacial score (nSPS) is 13.4. The van der Waals surface area contributed by atoms with Crippen molar-refractivity contribution in [2.24, 2.45) is 5.92 Å². The van der Waals surface area contributed by atoms with Crippen molar-refractivity contribution in [3.8, 4) is 0 Å². The van der Waals surface area contributed by atoms with Gasteiger partial charge in [0.05, 0.1) is 17.2 Å². The number of hydrogen-bond acceptors (Lipinski definition) is 4. The van der Waals surface area contributed by atoms with Gasteiger partial charge in [-0.15, -0.1) is 11.3 Å². The van der Waals surface area contributed by atoms with E-state index in [1.54, 1.807) is 29.4 Å². The summed E-state index contributed by atoms with van der Waals surface area (Å²) in [5, 5.41) is 8.75. The van der Waals surface area contributed by atoms with Crippen molar-refractivity contribution in [1.29, 1.82) is 0 Å². The summed E-state index contributed by atoms with van der Waals surface area (Å²) in [6.45, 7) is 4.32. The van der Waals surface area contributed by atoms with E-state index < -0.39 is 0 Å². The number of nitrogens with zero attached hydrogens (tertiary/aromatic N) is 2. The highest BCUT2D eigenvalue weighted by atomic mass is 32.1. The van der Waals surface area contributed by atoms with Crippen LogP contribution in [0.2, 0.25) is 0 Å². The van der Waals surface area contributed by atoms with Crippen LogP contribution in [0.5, 0.6) is 0 Å². The van der Waals surface area contributed by atoms with Gasteiger partial charge >= 0.3 is 6.03 Å². The van der Waals surface area contributed by atoms with Gasteiger partial charge in [0.25, 0.3) is 0 Å². The lowest BCUT2D eigenvalue weighted by Crippen LogP contribution is -2.31. The molecule has 1 saturated carbocycles. The zero-order valence-corrected chi connectivity index (χ0v) is 15.4. The zero-order chi connectivity index (χ0) is 18.0. The molecule has 1 aliphatic rings. The lowest BCUT2D eigenvalue weighted by molar-refractivity contribution is -0.117. The smallest absolute Gasteiger partial charge is 0.321 e. The van der Waals surface area contributed by atoms with E-state index in [0.29, 0.717) is 17.9 Å². The van der Waals surface area contributed by atoms with Gasteiger partial charge in [0, 0.05) is 29.7 Å². The second kappa shape index (κ2) is 7.23. The lowest BCUT2D eigenvalue weighted by atomic mass is 10.1. The first kappa shape index (κ1) is 17.4. The average molecular weight is 358 g/mol. The largest absolute Gasteiger partial charge is 0.326 e. The summed E-state index contributed by atoms with van der Waals surface area (Å²) in [7, 11) is 1.73. The molecule has 3 amide bonds. The van der Waals surface area contributed by atoms with Crippen molar-refractivity contribution < 1.29 is 9.59 Å². The third-order valence-electron chi connectivity index (χ3n) is 4.11. The molecule has 3 rings (SSSR count). The number of nitrogens with one attached hydrogen (secondary N) is 2. The molecular weight excluding hydrogens is 336 g/mol. The van der Waals surface area contributed by atoms with Crippen LogP contribution < -0.4 is 10.6 Å². The van der Waals surface area contributed by atoms with E-state index in [4.69, 9.17) is 0 Å². The number of thiazole rings is 1.